The van der Waals surface area contributed by atoms with E-state index in [0.717, 1.165) is 19.3 Å². The summed E-state index contributed by atoms with van der Waals surface area (Å²) in [6, 6.07) is 0. The van der Waals surface area contributed by atoms with Crippen LogP contribution in [0.3, 0.4) is 0 Å². The van der Waals surface area contributed by atoms with Crippen molar-refractivity contribution in [1.82, 2.24) is 0 Å². The highest BCUT2D eigenvalue weighted by Crippen LogP contribution is 2.11. The fraction of sp³-hybridized carbons (Fsp3) is 0.938. The SMILES string of the molecule is CCCCCC(=O)OC(C)OOCC(CC)OOC(C)(C)C. The van der Waals surface area contributed by atoms with Gasteiger partial charge in [0.25, 0.3) is 0 Å². The monoisotopic (exact) mass is 320 g/mol. The minimum atomic E-state index is -0.741. The molecular formula is C16H32O6. The summed E-state index contributed by atoms with van der Waals surface area (Å²) in [5, 5.41) is 0. The highest BCUT2D eigenvalue weighted by atomic mass is 17.2. The number of unbranched alkanes of at least 4 members (excludes halogenated alkanes) is 2. The third-order valence-electron chi connectivity index (χ3n) is 2.63. The number of rotatable bonds is 12. The molecule has 22 heavy (non-hydrogen) atoms. The lowest BCUT2D eigenvalue weighted by Gasteiger charge is -2.22. The Morgan fingerprint density at radius 3 is 2.32 bits per heavy atom. The number of esters is 1. The van der Waals surface area contributed by atoms with E-state index in [4.69, 9.17) is 24.3 Å². The molecule has 0 spiro atoms. The van der Waals surface area contributed by atoms with Crippen LogP contribution in [-0.2, 0) is 29.1 Å². The fourth-order valence-corrected chi connectivity index (χ4v) is 1.42. The maximum atomic E-state index is 11.5. The Hall–Kier alpha value is -0.690. The molecule has 0 amide bonds. The zero-order valence-corrected chi connectivity index (χ0v) is 14.8. The van der Waals surface area contributed by atoms with Gasteiger partial charge in [-0.25, -0.2) is 14.7 Å². The van der Waals surface area contributed by atoms with Crippen LogP contribution in [0.2, 0.25) is 0 Å². The Labute approximate surface area is 134 Å². The van der Waals surface area contributed by atoms with Gasteiger partial charge in [-0.05, 0) is 33.6 Å². The molecular weight excluding hydrogens is 288 g/mol. The molecule has 0 fully saturated rings. The van der Waals surface area contributed by atoms with Gasteiger partial charge < -0.3 is 4.74 Å². The fourth-order valence-electron chi connectivity index (χ4n) is 1.42. The molecule has 0 bridgehead atoms. The maximum absolute atomic E-state index is 11.5. The first-order chi connectivity index (χ1) is 10.3. The minimum Gasteiger partial charge on any atom is -0.433 e. The van der Waals surface area contributed by atoms with Crippen LogP contribution in [0.15, 0.2) is 0 Å². The Morgan fingerprint density at radius 1 is 1.09 bits per heavy atom. The normalized spacial score (nSPS) is 14.6. The second-order valence-corrected chi connectivity index (χ2v) is 6.22. The average molecular weight is 320 g/mol. The summed E-state index contributed by atoms with van der Waals surface area (Å²) in [5.41, 5.74) is -0.379. The van der Waals surface area contributed by atoms with E-state index < -0.39 is 6.29 Å². The second-order valence-electron chi connectivity index (χ2n) is 6.22. The van der Waals surface area contributed by atoms with E-state index in [-0.39, 0.29) is 24.3 Å². The zero-order chi connectivity index (χ0) is 17.0. The van der Waals surface area contributed by atoms with Crippen LogP contribution >= 0.6 is 0 Å². The van der Waals surface area contributed by atoms with E-state index in [0.29, 0.717) is 12.8 Å². The van der Waals surface area contributed by atoms with Crippen LogP contribution in [0, 0.1) is 0 Å². The van der Waals surface area contributed by atoms with Crippen molar-refractivity contribution in [2.75, 3.05) is 6.61 Å². The lowest BCUT2D eigenvalue weighted by atomic mass is 10.2. The van der Waals surface area contributed by atoms with Crippen LogP contribution < -0.4 is 0 Å². The second kappa shape index (κ2) is 11.8. The van der Waals surface area contributed by atoms with Crippen molar-refractivity contribution in [2.24, 2.45) is 0 Å². The van der Waals surface area contributed by atoms with Gasteiger partial charge in [-0.2, -0.15) is 4.89 Å². The van der Waals surface area contributed by atoms with E-state index in [1.165, 1.54) is 0 Å². The summed E-state index contributed by atoms with van der Waals surface area (Å²) in [7, 11) is 0. The van der Waals surface area contributed by atoms with Gasteiger partial charge in [-0.15, -0.1) is 0 Å². The largest absolute Gasteiger partial charge is 0.433 e. The molecule has 0 aliphatic carbocycles. The molecule has 132 valence electrons. The topological polar surface area (TPSA) is 63.2 Å². The Balaban J connectivity index is 3.79. The van der Waals surface area contributed by atoms with Crippen molar-refractivity contribution in [1.29, 1.82) is 0 Å². The van der Waals surface area contributed by atoms with E-state index >= 15 is 0 Å². The van der Waals surface area contributed by atoms with Crippen molar-refractivity contribution >= 4 is 5.97 Å². The number of ether oxygens (including phenoxy) is 1. The molecule has 0 aromatic rings. The molecule has 0 aliphatic heterocycles. The van der Waals surface area contributed by atoms with Gasteiger partial charge in [0.2, 0.25) is 6.29 Å². The smallest absolute Gasteiger partial charge is 0.308 e. The van der Waals surface area contributed by atoms with E-state index in [2.05, 4.69) is 6.92 Å². The molecule has 6 heteroatoms. The van der Waals surface area contributed by atoms with Crippen molar-refractivity contribution in [3.8, 4) is 0 Å². The lowest BCUT2D eigenvalue weighted by molar-refractivity contribution is -0.414. The molecule has 0 N–H and O–H groups in total. The molecule has 6 nitrogen and oxygen atoms in total. The Bertz CT molecular complexity index is 287. The summed E-state index contributed by atoms with van der Waals surface area (Å²) in [6.45, 7) is 11.6. The molecule has 2 atom stereocenters. The molecule has 0 saturated carbocycles. The summed E-state index contributed by atoms with van der Waals surface area (Å²) < 4.78 is 5.07. The average Bonchev–Trinajstić information content (AvgIpc) is 2.41. The van der Waals surface area contributed by atoms with Crippen LogP contribution in [0.1, 0.15) is 73.6 Å². The van der Waals surface area contributed by atoms with Crippen molar-refractivity contribution in [3.05, 3.63) is 0 Å². The van der Waals surface area contributed by atoms with E-state index in [1.807, 2.05) is 27.7 Å². The first-order valence-electron chi connectivity index (χ1n) is 8.10. The molecule has 2 unspecified atom stereocenters. The number of carbonyl (C=O) groups is 1. The van der Waals surface area contributed by atoms with Gasteiger partial charge in [0, 0.05) is 13.3 Å². The van der Waals surface area contributed by atoms with Gasteiger partial charge in [0.1, 0.15) is 12.7 Å². The standard InChI is InChI=1S/C16H32O6/c1-7-9-10-11-15(17)19-13(3)20-18-12-14(8-2)21-22-16(4,5)6/h13-14H,7-12H2,1-6H3. The van der Waals surface area contributed by atoms with Gasteiger partial charge >= 0.3 is 5.97 Å². The highest BCUT2D eigenvalue weighted by molar-refractivity contribution is 5.69. The van der Waals surface area contributed by atoms with E-state index in [9.17, 15) is 4.79 Å². The van der Waals surface area contributed by atoms with Gasteiger partial charge in [-0.3, -0.25) is 4.79 Å². The molecule has 0 aromatic carbocycles. The number of hydrogen-bond acceptors (Lipinski definition) is 6. The van der Waals surface area contributed by atoms with Crippen molar-refractivity contribution in [3.63, 3.8) is 0 Å². The van der Waals surface area contributed by atoms with Crippen LogP contribution in [0.25, 0.3) is 0 Å². The van der Waals surface area contributed by atoms with Gasteiger partial charge in [0.15, 0.2) is 0 Å². The third kappa shape index (κ3) is 13.0. The summed E-state index contributed by atoms with van der Waals surface area (Å²) >= 11 is 0. The molecule has 0 radical (unpaired) electrons. The first kappa shape index (κ1) is 21.3. The Morgan fingerprint density at radius 2 is 1.77 bits per heavy atom. The number of carbonyl (C=O) groups excluding carboxylic acids is 1. The van der Waals surface area contributed by atoms with E-state index in [1.54, 1.807) is 6.92 Å². The summed E-state index contributed by atoms with van der Waals surface area (Å²) in [5.74, 6) is -0.274. The predicted octanol–water partition coefficient (Wildman–Crippen LogP) is 3.93. The van der Waals surface area contributed by atoms with Crippen LogP contribution in [-0.4, -0.2) is 30.6 Å². The van der Waals surface area contributed by atoms with Crippen molar-refractivity contribution < 1.29 is 29.1 Å². The highest BCUT2D eigenvalue weighted by Gasteiger charge is 2.17. The Kier molecular flexibility index (Phi) is 11.5. The zero-order valence-electron chi connectivity index (χ0n) is 14.8. The predicted molar refractivity (Wildman–Crippen MR) is 82.7 cm³/mol. The molecule has 0 saturated heterocycles. The molecule has 0 aliphatic rings. The summed E-state index contributed by atoms with van der Waals surface area (Å²) in [6.07, 6.45) is 3.05. The molecule has 0 aromatic heterocycles. The van der Waals surface area contributed by atoms with Crippen molar-refractivity contribution in [2.45, 2.75) is 91.6 Å². The lowest BCUT2D eigenvalue weighted by Crippen LogP contribution is -2.28. The third-order valence-corrected chi connectivity index (χ3v) is 2.63. The van der Waals surface area contributed by atoms with Crippen LogP contribution in [0.5, 0.6) is 0 Å². The summed E-state index contributed by atoms with van der Waals surface area (Å²) in [4.78, 5) is 32.1. The molecule has 0 rings (SSSR count). The minimum absolute atomic E-state index is 0.199. The van der Waals surface area contributed by atoms with Gasteiger partial charge in [-0.1, -0.05) is 26.7 Å². The number of hydrogen-bond donors (Lipinski definition) is 0. The first-order valence-corrected chi connectivity index (χ1v) is 8.10. The molecule has 0 heterocycles. The maximum Gasteiger partial charge on any atom is 0.308 e. The quantitative estimate of drug-likeness (QED) is 0.178. The van der Waals surface area contributed by atoms with Crippen LogP contribution in [0.4, 0.5) is 0 Å². The van der Waals surface area contributed by atoms with Gasteiger partial charge in [0.05, 0.1) is 5.60 Å².